The Morgan fingerprint density at radius 3 is 2.94 bits per heavy atom. The van der Waals surface area contributed by atoms with E-state index < -0.39 is 0 Å². The summed E-state index contributed by atoms with van der Waals surface area (Å²) in [6.45, 7) is 3.98. The first-order chi connectivity index (χ1) is 8.70. The van der Waals surface area contributed by atoms with Crippen LogP contribution >= 0.6 is 0 Å². The van der Waals surface area contributed by atoms with Crippen LogP contribution in [0.1, 0.15) is 12.8 Å². The summed E-state index contributed by atoms with van der Waals surface area (Å²) in [4.78, 5) is 25.1. The maximum absolute atomic E-state index is 11.9. The van der Waals surface area contributed by atoms with Crippen molar-refractivity contribution in [1.82, 2.24) is 10.1 Å². The number of nitrogens with one attached hydrogen (secondary N) is 1. The van der Waals surface area contributed by atoms with Gasteiger partial charge in [0.1, 0.15) is 12.8 Å². The van der Waals surface area contributed by atoms with Gasteiger partial charge in [0.05, 0.1) is 0 Å². The summed E-state index contributed by atoms with van der Waals surface area (Å²) in [6.07, 6.45) is 4.81. The van der Waals surface area contributed by atoms with Crippen molar-refractivity contribution >= 4 is 17.6 Å². The molecule has 6 heteroatoms. The van der Waals surface area contributed by atoms with E-state index in [2.05, 4.69) is 21.6 Å². The fourth-order valence-corrected chi connectivity index (χ4v) is 1.61. The third-order valence-electron chi connectivity index (χ3n) is 2.63. The van der Waals surface area contributed by atoms with Gasteiger partial charge in [-0.3, -0.25) is 9.59 Å². The van der Waals surface area contributed by atoms with Crippen LogP contribution in [-0.2, 0) is 9.59 Å². The molecule has 0 aliphatic heterocycles. The zero-order chi connectivity index (χ0) is 13.0. The molecule has 96 valence electrons. The van der Waals surface area contributed by atoms with Crippen LogP contribution in [0.15, 0.2) is 29.5 Å². The van der Waals surface area contributed by atoms with Crippen LogP contribution in [0, 0.1) is 5.92 Å². The molecule has 0 bridgehead atoms. The molecule has 1 heterocycles. The molecule has 0 saturated heterocycles. The highest BCUT2D eigenvalue weighted by atomic mass is 16.5. The maximum Gasteiger partial charge on any atom is 0.245 e. The van der Waals surface area contributed by atoms with Crippen molar-refractivity contribution in [2.24, 2.45) is 5.92 Å². The van der Waals surface area contributed by atoms with Crippen molar-refractivity contribution in [1.29, 1.82) is 0 Å². The van der Waals surface area contributed by atoms with Crippen LogP contribution in [0.4, 0.5) is 5.82 Å². The van der Waals surface area contributed by atoms with E-state index >= 15 is 0 Å². The second-order valence-corrected chi connectivity index (χ2v) is 4.21. The van der Waals surface area contributed by atoms with Gasteiger partial charge in [-0.1, -0.05) is 11.2 Å². The topological polar surface area (TPSA) is 75.4 Å². The lowest BCUT2D eigenvalue weighted by molar-refractivity contribution is -0.135. The molecule has 2 amide bonds. The Bertz CT molecular complexity index is 437. The summed E-state index contributed by atoms with van der Waals surface area (Å²) in [5.74, 6) is 0.159. The summed E-state index contributed by atoms with van der Waals surface area (Å²) in [5, 5.41) is 6.12. The van der Waals surface area contributed by atoms with E-state index in [0.717, 1.165) is 12.8 Å². The Kier molecular flexibility index (Phi) is 3.76. The number of anilines is 1. The van der Waals surface area contributed by atoms with E-state index in [4.69, 9.17) is 0 Å². The standard InChI is InChI=1S/C12H15N3O3/c1-2-6-15(12(17)9-3-4-9)8-11(16)13-10-5-7-18-14-10/h2,5,7,9H,1,3-4,6,8H2,(H,13,14,16). The van der Waals surface area contributed by atoms with E-state index in [0.29, 0.717) is 12.4 Å². The van der Waals surface area contributed by atoms with Crippen LogP contribution < -0.4 is 5.32 Å². The molecular weight excluding hydrogens is 234 g/mol. The van der Waals surface area contributed by atoms with Gasteiger partial charge in [-0.2, -0.15) is 0 Å². The fraction of sp³-hybridized carbons (Fsp3) is 0.417. The third-order valence-corrected chi connectivity index (χ3v) is 2.63. The average molecular weight is 249 g/mol. The van der Waals surface area contributed by atoms with E-state index in [1.807, 2.05) is 0 Å². The number of aromatic nitrogens is 1. The first kappa shape index (κ1) is 12.3. The monoisotopic (exact) mass is 249 g/mol. The molecule has 1 aromatic rings. The van der Waals surface area contributed by atoms with Crippen LogP contribution in [-0.4, -0.2) is 35.0 Å². The van der Waals surface area contributed by atoms with Crippen LogP contribution in [0.25, 0.3) is 0 Å². The third kappa shape index (κ3) is 3.19. The lowest BCUT2D eigenvalue weighted by Crippen LogP contribution is -2.39. The van der Waals surface area contributed by atoms with Crippen LogP contribution in [0.5, 0.6) is 0 Å². The first-order valence-corrected chi connectivity index (χ1v) is 5.80. The highest BCUT2D eigenvalue weighted by molar-refractivity contribution is 5.94. The predicted molar refractivity (Wildman–Crippen MR) is 64.6 cm³/mol. The summed E-state index contributed by atoms with van der Waals surface area (Å²) in [7, 11) is 0. The molecule has 18 heavy (non-hydrogen) atoms. The van der Waals surface area contributed by atoms with Gasteiger partial charge >= 0.3 is 0 Å². The van der Waals surface area contributed by atoms with Gasteiger partial charge < -0.3 is 14.7 Å². The number of hydrogen-bond acceptors (Lipinski definition) is 4. The van der Waals surface area contributed by atoms with Crippen LogP contribution in [0.3, 0.4) is 0 Å². The van der Waals surface area contributed by atoms with Crippen molar-refractivity contribution in [2.45, 2.75) is 12.8 Å². The molecule has 1 aromatic heterocycles. The van der Waals surface area contributed by atoms with Gasteiger partial charge in [0.2, 0.25) is 11.8 Å². The normalized spacial score (nSPS) is 14.0. The van der Waals surface area contributed by atoms with Gasteiger partial charge in [-0.15, -0.1) is 6.58 Å². The van der Waals surface area contributed by atoms with E-state index in [-0.39, 0.29) is 24.3 Å². The number of nitrogens with zero attached hydrogens (tertiary/aromatic N) is 2. The van der Waals surface area contributed by atoms with Crippen molar-refractivity contribution in [3.05, 3.63) is 25.0 Å². The Labute approximate surface area is 105 Å². The zero-order valence-electron chi connectivity index (χ0n) is 9.96. The van der Waals surface area contributed by atoms with Crippen LogP contribution in [0.2, 0.25) is 0 Å². The summed E-state index contributed by atoms with van der Waals surface area (Å²) in [5.41, 5.74) is 0. The smallest absolute Gasteiger partial charge is 0.245 e. The average Bonchev–Trinajstić information content (AvgIpc) is 3.07. The van der Waals surface area contributed by atoms with Crippen molar-refractivity contribution < 1.29 is 14.1 Å². The number of amides is 2. The van der Waals surface area contributed by atoms with Gasteiger partial charge in [-0.05, 0) is 12.8 Å². The molecule has 1 aliphatic rings. The van der Waals surface area contributed by atoms with E-state index in [1.54, 1.807) is 12.1 Å². The summed E-state index contributed by atoms with van der Waals surface area (Å²) >= 11 is 0. The fourth-order valence-electron chi connectivity index (χ4n) is 1.61. The molecule has 2 rings (SSSR count). The van der Waals surface area contributed by atoms with E-state index in [1.165, 1.54) is 11.2 Å². The molecule has 0 unspecified atom stereocenters. The SMILES string of the molecule is C=CCN(CC(=O)Nc1ccon1)C(=O)C1CC1. The minimum atomic E-state index is -0.292. The first-order valence-electron chi connectivity index (χ1n) is 5.80. The molecule has 1 aliphatic carbocycles. The second-order valence-electron chi connectivity index (χ2n) is 4.21. The highest BCUT2D eigenvalue weighted by Gasteiger charge is 2.33. The Hall–Kier alpha value is -2.11. The lowest BCUT2D eigenvalue weighted by atomic mass is 10.3. The predicted octanol–water partition coefficient (Wildman–Crippen LogP) is 1.04. The Morgan fingerprint density at radius 1 is 1.61 bits per heavy atom. The molecule has 0 aromatic carbocycles. The zero-order valence-corrected chi connectivity index (χ0v) is 9.96. The van der Waals surface area contributed by atoms with Gasteiger partial charge in [0.15, 0.2) is 5.82 Å². The lowest BCUT2D eigenvalue weighted by Gasteiger charge is -2.20. The molecule has 1 saturated carbocycles. The minimum absolute atomic E-state index is 0.00815. The minimum Gasteiger partial charge on any atom is -0.363 e. The van der Waals surface area contributed by atoms with Gasteiger partial charge in [0.25, 0.3) is 0 Å². The largest absolute Gasteiger partial charge is 0.363 e. The van der Waals surface area contributed by atoms with E-state index in [9.17, 15) is 9.59 Å². The van der Waals surface area contributed by atoms with Gasteiger partial charge in [-0.25, -0.2) is 0 Å². The summed E-state index contributed by atoms with van der Waals surface area (Å²) in [6, 6.07) is 1.54. The quantitative estimate of drug-likeness (QED) is 0.764. The van der Waals surface area contributed by atoms with Crippen molar-refractivity contribution in [2.75, 3.05) is 18.4 Å². The number of rotatable bonds is 6. The molecule has 6 nitrogen and oxygen atoms in total. The molecule has 1 fully saturated rings. The Balaban J connectivity index is 1.89. The number of carbonyl (C=O) groups is 2. The maximum atomic E-state index is 11.9. The number of carbonyl (C=O) groups excluding carboxylic acids is 2. The molecule has 0 atom stereocenters. The molecule has 0 spiro atoms. The second kappa shape index (κ2) is 5.48. The molecule has 1 N–H and O–H groups in total. The highest BCUT2D eigenvalue weighted by Crippen LogP contribution is 2.30. The molecular formula is C12H15N3O3. The molecule has 0 radical (unpaired) electrons. The Morgan fingerprint density at radius 2 is 2.39 bits per heavy atom. The van der Waals surface area contributed by atoms with Gasteiger partial charge in [0, 0.05) is 18.5 Å². The van der Waals surface area contributed by atoms with Crippen molar-refractivity contribution in [3.8, 4) is 0 Å². The number of hydrogen-bond donors (Lipinski definition) is 1. The van der Waals surface area contributed by atoms with Crippen molar-refractivity contribution in [3.63, 3.8) is 0 Å². The summed E-state index contributed by atoms with van der Waals surface area (Å²) < 4.78 is 4.60.